The van der Waals surface area contributed by atoms with Crippen molar-refractivity contribution in [3.05, 3.63) is 82.0 Å². The molecule has 1 aliphatic heterocycles. The fourth-order valence-corrected chi connectivity index (χ4v) is 4.87. The fourth-order valence-electron chi connectivity index (χ4n) is 3.99. The molecule has 0 spiro atoms. The van der Waals surface area contributed by atoms with Crippen molar-refractivity contribution in [3.63, 3.8) is 0 Å². The first kappa shape index (κ1) is 22.1. The van der Waals surface area contributed by atoms with Gasteiger partial charge in [-0.05, 0) is 59.2 Å². The number of rotatable bonds is 7. The lowest BCUT2D eigenvalue weighted by atomic mass is 10.0. The average Bonchev–Trinajstić information content (AvgIpc) is 3.26. The largest absolute Gasteiger partial charge is 0.367 e. The molecule has 0 fully saturated rings. The second-order valence-electron chi connectivity index (χ2n) is 8.53. The van der Waals surface area contributed by atoms with Crippen LogP contribution in [0.4, 0.5) is 11.4 Å². The van der Waals surface area contributed by atoms with E-state index in [0.29, 0.717) is 0 Å². The number of nitrogens with one attached hydrogen (secondary N) is 2. The summed E-state index contributed by atoms with van der Waals surface area (Å²) in [7, 11) is 0. The van der Waals surface area contributed by atoms with Crippen molar-refractivity contribution in [2.45, 2.75) is 39.3 Å². The summed E-state index contributed by atoms with van der Waals surface area (Å²) in [4.78, 5) is 29.2. The molecule has 1 unspecified atom stereocenters. The van der Waals surface area contributed by atoms with Crippen molar-refractivity contribution >= 4 is 34.5 Å². The maximum absolute atomic E-state index is 12.9. The first-order valence-electron chi connectivity index (χ1n) is 11.0. The number of benzene rings is 2. The van der Waals surface area contributed by atoms with Crippen molar-refractivity contribution in [2.24, 2.45) is 5.92 Å². The number of hydrogen-bond acceptors (Lipinski definition) is 4. The Morgan fingerprint density at radius 3 is 2.50 bits per heavy atom. The van der Waals surface area contributed by atoms with E-state index >= 15 is 0 Å². The van der Waals surface area contributed by atoms with Gasteiger partial charge in [0.05, 0.1) is 6.42 Å². The molecule has 2 amide bonds. The Morgan fingerprint density at radius 2 is 1.78 bits per heavy atom. The zero-order valence-electron chi connectivity index (χ0n) is 18.5. The van der Waals surface area contributed by atoms with Gasteiger partial charge in [0.25, 0.3) is 0 Å². The summed E-state index contributed by atoms with van der Waals surface area (Å²) in [6.07, 6.45) is 1.33. The van der Waals surface area contributed by atoms with Gasteiger partial charge >= 0.3 is 0 Å². The van der Waals surface area contributed by atoms with Gasteiger partial charge < -0.3 is 15.5 Å². The third kappa shape index (κ3) is 5.37. The van der Waals surface area contributed by atoms with Crippen molar-refractivity contribution in [2.75, 3.05) is 16.8 Å². The second-order valence-corrected chi connectivity index (χ2v) is 9.53. The molecule has 166 valence electrons. The van der Waals surface area contributed by atoms with E-state index in [9.17, 15) is 9.59 Å². The van der Waals surface area contributed by atoms with Crippen LogP contribution in [0.1, 0.15) is 29.9 Å². The molecule has 0 saturated carbocycles. The lowest BCUT2D eigenvalue weighted by Crippen LogP contribution is -2.47. The minimum Gasteiger partial charge on any atom is -0.367 e. The number of fused-ring (bicyclic) bond motifs is 1. The highest BCUT2D eigenvalue weighted by Crippen LogP contribution is 2.28. The zero-order valence-corrected chi connectivity index (χ0v) is 19.3. The van der Waals surface area contributed by atoms with Gasteiger partial charge in [-0.15, -0.1) is 11.3 Å². The van der Waals surface area contributed by atoms with Crippen molar-refractivity contribution in [1.29, 1.82) is 0 Å². The Balaban J connectivity index is 1.35. The first-order valence-corrected chi connectivity index (χ1v) is 11.9. The van der Waals surface area contributed by atoms with E-state index in [0.717, 1.165) is 36.4 Å². The molecular formula is C26H29N3O2S. The van der Waals surface area contributed by atoms with Crippen molar-refractivity contribution < 1.29 is 9.59 Å². The smallest absolute Gasteiger partial charge is 0.247 e. The van der Waals surface area contributed by atoms with Crippen molar-refractivity contribution in [3.8, 4) is 0 Å². The van der Waals surface area contributed by atoms with Crippen LogP contribution in [-0.2, 0) is 29.0 Å². The molecule has 6 heteroatoms. The van der Waals surface area contributed by atoms with E-state index in [-0.39, 0.29) is 24.2 Å². The molecule has 5 nitrogen and oxygen atoms in total. The van der Waals surface area contributed by atoms with Crippen LogP contribution in [0.15, 0.2) is 66.0 Å². The summed E-state index contributed by atoms with van der Waals surface area (Å²) < 4.78 is 0. The van der Waals surface area contributed by atoms with Gasteiger partial charge in [0.15, 0.2) is 0 Å². The lowest BCUT2D eigenvalue weighted by molar-refractivity contribution is -0.127. The van der Waals surface area contributed by atoms with Gasteiger partial charge in [-0.3, -0.25) is 9.59 Å². The standard InChI is InChI=1S/C26H29N3O2S/c1-18(2)25(28-24(30)16-19-6-4-3-5-7-19)26(31)27-21-8-10-22(11-9-21)29-14-12-23-20(17-29)13-15-32-23/h3-11,13,15,18,25H,12,14,16-17H2,1-2H3,(H,27,31)(H,28,30). The SMILES string of the molecule is CC(C)C(NC(=O)Cc1ccccc1)C(=O)Nc1ccc(N2CCc3sccc3C2)cc1. The van der Waals surface area contributed by atoms with Crippen LogP contribution in [0.5, 0.6) is 0 Å². The number of hydrogen-bond donors (Lipinski definition) is 2. The van der Waals surface area contributed by atoms with Crippen LogP contribution < -0.4 is 15.5 Å². The topological polar surface area (TPSA) is 61.4 Å². The Kier molecular flexibility index (Phi) is 6.90. The quantitative estimate of drug-likeness (QED) is 0.555. The number of nitrogens with zero attached hydrogens (tertiary/aromatic N) is 1. The predicted octanol–water partition coefficient (Wildman–Crippen LogP) is 4.63. The van der Waals surface area contributed by atoms with Crippen LogP contribution in [-0.4, -0.2) is 24.4 Å². The molecule has 32 heavy (non-hydrogen) atoms. The lowest BCUT2D eigenvalue weighted by Gasteiger charge is -2.29. The molecule has 4 rings (SSSR count). The van der Waals surface area contributed by atoms with Crippen molar-refractivity contribution in [1.82, 2.24) is 5.32 Å². The number of amides is 2. The average molecular weight is 448 g/mol. The van der Waals surface area contributed by atoms with E-state index < -0.39 is 6.04 Å². The van der Waals surface area contributed by atoms with Gasteiger partial charge in [-0.25, -0.2) is 0 Å². The number of thiophene rings is 1. The summed E-state index contributed by atoms with van der Waals surface area (Å²) in [5.74, 6) is -0.379. The second kappa shape index (κ2) is 10.0. The van der Waals surface area contributed by atoms with Gasteiger partial charge in [-0.1, -0.05) is 44.2 Å². The van der Waals surface area contributed by atoms with Crippen LogP contribution in [0.25, 0.3) is 0 Å². The molecular weight excluding hydrogens is 418 g/mol. The van der Waals surface area contributed by atoms with E-state index in [1.807, 2.05) is 79.8 Å². The molecule has 3 aromatic rings. The highest BCUT2D eigenvalue weighted by Gasteiger charge is 2.24. The van der Waals surface area contributed by atoms with Gasteiger partial charge in [0.1, 0.15) is 6.04 Å². The Hall–Kier alpha value is -3.12. The molecule has 0 bridgehead atoms. The zero-order chi connectivity index (χ0) is 22.5. The Bertz CT molecular complexity index is 1060. The van der Waals surface area contributed by atoms with Gasteiger partial charge in [0, 0.05) is 29.3 Å². The van der Waals surface area contributed by atoms with Crippen LogP contribution in [0, 0.1) is 5.92 Å². The van der Waals surface area contributed by atoms with Crippen LogP contribution in [0.2, 0.25) is 0 Å². The van der Waals surface area contributed by atoms with Gasteiger partial charge in [0.2, 0.25) is 11.8 Å². The van der Waals surface area contributed by atoms with Crippen LogP contribution in [0.3, 0.4) is 0 Å². The number of carbonyl (C=O) groups excluding carboxylic acids is 2. The minimum absolute atomic E-state index is 0.0258. The first-order chi connectivity index (χ1) is 15.5. The van der Waals surface area contributed by atoms with Gasteiger partial charge in [-0.2, -0.15) is 0 Å². The summed E-state index contributed by atoms with van der Waals surface area (Å²) in [5, 5.41) is 8.02. The molecule has 1 atom stereocenters. The molecule has 2 N–H and O–H groups in total. The summed E-state index contributed by atoms with van der Waals surface area (Å²) in [5.41, 5.74) is 4.21. The fraction of sp³-hybridized carbons (Fsp3) is 0.308. The van der Waals surface area contributed by atoms with E-state index in [1.165, 1.54) is 10.4 Å². The molecule has 1 aliphatic rings. The summed E-state index contributed by atoms with van der Waals surface area (Å²) >= 11 is 1.84. The maximum atomic E-state index is 12.9. The Labute approximate surface area is 193 Å². The summed E-state index contributed by atoms with van der Waals surface area (Å²) in [6.45, 7) is 5.80. The molecule has 0 aliphatic carbocycles. The van der Waals surface area contributed by atoms with E-state index in [2.05, 4.69) is 27.0 Å². The third-order valence-corrected chi connectivity index (χ3v) is 6.80. The molecule has 2 heterocycles. The molecule has 2 aromatic carbocycles. The normalized spacial score (nSPS) is 14.0. The highest BCUT2D eigenvalue weighted by molar-refractivity contribution is 7.10. The highest BCUT2D eigenvalue weighted by atomic mass is 32.1. The van der Waals surface area contributed by atoms with E-state index in [1.54, 1.807) is 0 Å². The molecule has 1 aromatic heterocycles. The monoisotopic (exact) mass is 447 g/mol. The molecule has 0 radical (unpaired) electrons. The summed E-state index contributed by atoms with van der Waals surface area (Å²) in [6, 6.07) is 19.1. The minimum atomic E-state index is -0.593. The maximum Gasteiger partial charge on any atom is 0.247 e. The predicted molar refractivity (Wildman–Crippen MR) is 131 cm³/mol. The van der Waals surface area contributed by atoms with Crippen LogP contribution >= 0.6 is 11.3 Å². The number of anilines is 2. The Morgan fingerprint density at radius 1 is 1.03 bits per heavy atom. The van der Waals surface area contributed by atoms with E-state index in [4.69, 9.17) is 0 Å². The third-order valence-electron chi connectivity index (χ3n) is 5.78. The number of carbonyl (C=O) groups is 2. The molecule has 0 saturated heterocycles.